The molecule has 2 aromatic carbocycles. The van der Waals surface area contributed by atoms with E-state index in [1.807, 2.05) is 32.0 Å². The van der Waals surface area contributed by atoms with Gasteiger partial charge in [0.1, 0.15) is 12.9 Å². The summed E-state index contributed by atoms with van der Waals surface area (Å²) in [5.74, 6) is -0.809. The molecule has 2 aromatic rings. The number of anilines is 1. The van der Waals surface area contributed by atoms with Crippen molar-refractivity contribution >= 4 is 23.4 Å². The van der Waals surface area contributed by atoms with Gasteiger partial charge >= 0.3 is 0 Å². The molecule has 0 spiro atoms. The van der Waals surface area contributed by atoms with Crippen LogP contribution in [0.5, 0.6) is 0 Å². The van der Waals surface area contributed by atoms with Crippen LogP contribution in [0.3, 0.4) is 0 Å². The van der Waals surface area contributed by atoms with Gasteiger partial charge in [-0.15, -0.1) is 0 Å². The van der Waals surface area contributed by atoms with Gasteiger partial charge in [0.05, 0.1) is 11.9 Å². The molecule has 0 heterocycles. The Kier molecular flexibility index (Phi) is 5.78. The molecule has 2 rings (SSSR count). The van der Waals surface area contributed by atoms with E-state index in [4.69, 9.17) is 0 Å². The smallest absolute Gasteiger partial charge is 0.214 e. The van der Waals surface area contributed by atoms with Crippen molar-refractivity contribution in [1.82, 2.24) is 0 Å². The Balaban J connectivity index is 2.26. The van der Waals surface area contributed by atoms with Gasteiger partial charge in [0, 0.05) is 5.56 Å². The predicted octanol–water partition coefficient (Wildman–Crippen LogP) is 3.73. The molecule has 0 bridgehead atoms. The second kappa shape index (κ2) is 8.01. The molecule has 0 saturated carbocycles. The standard InChI is InChI=1S/C18H18FN3O2/c1-12-4-9-16(10-13(12)2)21-22-17(11-20-24-3)18(23)14-5-7-15(19)8-6-14/h4-11,21H,1-3H3. The highest BCUT2D eigenvalue weighted by Gasteiger charge is 2.13. The van der Waals surface area contributed by atoms with Gasteiger partial charge in [0.25, 0.3) is 0 Å². The third-order valence-electron chi connectivity index (χ3n) is 3.43. The summed E-state index contributed by atoms with van der Waals surface area (Å²) in [7, 11) is 1.37. The number of nitrogens with zero attached hydrogens (tertiary/aromatic N) is 2. The van der Waals surface area contributed by atoms with E-state index in [0.29, 0.717) is 5.56 Å². The van der Waals surface area contributed by atoms with Gasteiger partial charge in [0.2, 0.25) is 5.78 Å². The van der Waals surface area contributed by atoms with Crippen LogP contribution in [0, 0.1) is 19.7 Å². The molecule has 0 fully saturated rings. The number of rotatable bonds is 6. The van der Waals surface area contributed by atoms with Crippen LogP contribution in [0.2, 0.25) is 0 Å². The summed E-state index contributed by atoms with van der Waals surface area (Å²) in [6.45, 7) is 4.00. The zero-order chi connectivity index (χ0) is 17.5. The maximum Gasteiger partial charge on any atom is 0.214 e. The summed E-state index contributed by atoms with van der Waals surface area (Å²) in [5, 5.41) is 7.68. The topological polar surface area (TPSA) is 63.1 Å². The Morgan fingerprint density at radius 1 is 1.12 bits per heavy atom. The summed E-state index contributed by atoms with van der Waals surface area (Å²) in [6, 6.07) is 11.0. The van der Waals surface area contributed by atoms with Crippen molar-refractivity contribution in [2.45, 2.75) is 13.8 Å². The van der Waals surface area contributed by atoms with Gasteiger partial charge in [-0.1, -0.05) is 11.2 Å². The molecule has 0 unspecified atom stereocenters. The molecule has 124 valence electrons. The van der Waals surface area contributed by atoms with E-state index < -0.39 is 11.6 Å². The van der Waals surface area contributed by atoms with Gasteiger partial charge in [-0.05, 0) is 61.4 Å². The largest absolute Gasteiger partial charge is 0.399 e. The minimum atomic E-state index is -0.413. The minimum absolute atomic E-state index is 0.0432. The van der Waals surface area contributed by atoms with Gasteiger partial charge in [0.15, 0.2) is 5.71 Å². The molecule has 24 heavy (non-hydrogen) atoms. The predicted molar refractivity (Wildman–Crippen MR) is 93.2 cm³/mol. The van der Waals surface area contributed by atoms with Crippen molar-refractivity contribution in [2.75, 3.05) is 12.5 Å². The van der Waals surface area contributed by atoms with Crippen LogP contribution in [0.15, 0.2) is 52.7 Å². The molecule has 1 N–H and O–H groups in total. The van der Waals surface area contributed by atoms with Crippen LogP contribution in [-0.4, -0.2) is 24.8 Å². The van der Waals surface area contributed by atoms with Crippen molar-refractivity contribution in [3.63, 3.8) is 0 Å². The first-order valence-electron chi connectivity index (χ1n) is 7.29. The zero-order valence-electron chi connectivity index (χ0n) is 13.7. The number of hydrogen-bond acceptors (Lipinski definition) is 5. The SMILES string of the molecule is CON=CC(=NNc1ccc(C)c(C)c1)C(=O)c1ccc(F)cc1. The molecule has 5 nitrogen and oxygen atoms in total. The first-order valence-corrected chi connectivity index (χ1v) is 7.29. The molecular weight excluding hydrogens is 309 g/mol. The van der Waals surface area contributed by atoms with Crippen molar-refractivity contribution in [3.8, 4) is 0 Å². The van der Waals surface area contributed by atoms with Crippen molar-refractivity contribution in [3.05, 3.63) is 65.0 Å². The van der Waals surface area contributed by atoms with E-state index in [1.54, 1.807) is 0 Å². The number of hydrazone groups is 1. The average Bonchev–Trinajstić information content (AvgIpc) is 2.58. The number of carbonyl (C=O) groups excluding carboxylic acids is 1. The number of carbonyl (C=O) groups is 1. The Labute approximate surface area is 139 Å². The number of halogens is 1. The van der Waals surface area contributed by atoms with Crippen LogP contribution in [0.4, 0.5) is 10.1 Å². The normalized spacial score (nSPS) is 11.6. The third-order valence-corrected chi connectivity index (χ3v) is 3.43. The number of aryl methyl sites for hydroxylation is 2. The fourth-order valence-corrected chi connectivity index (χ4v) is 1.93. The molecular formula is C18H18FN3O2. The van der Waals surface area contributed by atoms with Crippen LogP contribution in [0.1, 0.15) is 21.5 Å². The van der Waals surface area contributed by atoms with Gasteiger partial charge in [-0.3, -0.25) is 10.2 Å². The van der Waals surface area contributed by atoms with E-state index in [-0.39, 0.29) is 5.71 Å². The zero-order valence-corrected chi connectivity index (χ0v) is 13.7. The second-order valence-electron chi connectivity index (χ2n) is 5.16. The molecule has 0 aliphatic carbocycles. The molecule has 0 aromatic heterocycles. The fraction of sp³-hybridized carbons (Fsp3) is 0.167. The van der Waals surface area contributed by atoms with Crippen molar-refractivity contribution in [2.24, 2.45) is 10.3 Å². The number of ketones is 1. The van der Waals surface area contributed by atoms with Crippen molar-refractivity contribution in [1.29, 1.82) is 0 Å². The molecule has 0 aliphatic heterocycles. The highest BCUT2D eigenvalue weighted by atomic mass is 19.1. The lowest BCUT2D eigenvalue weighted by Crippen LogP contribution is -2.18. The van der Waals surface area contributed by atoms with Crippen LogP contribution in [-0.2, 0) is 4.84 Å². The molecule has 0 amide bonds. The summed E-state index contributed by atoms with van der Waals surface area (Å²) >= 11 is 0. The maximum absolute atomic E-state index is 13.0. The molecule has 0 saturated heterocycles. The molecule has 0 aliphatic rings. The molecule has 0 radical (unpaired) electrons. The lowest BCUT2D eigenvalue weighted by Gasteiger charge is -2.06. The second-order valence-corrected chi connectivity index (χ2v) is 5.16. The van der Waals surface area contributed by atoms with Gasteiger partial charge in [-0.25, -0.2) is 4.39 Å². The van der Waals surface area contributed by atoms with E-state index in [0.717, 1.165) is 16.8 Å². The highest BCUT2D eigenvalue weighted by Crippen LogP contribution is 2.14. The highest BCUT2D eigenvalue weighted by molar-refractivity contribution is 6.64. The van der Waals surface area contributed by atoms with Gasteiger partial charge in [-0.2, -0.15) is 5.10 Å². The Morgan fingerprint density at radius 2 is 1.83 bits per heavy atom. The Morgan fingerprint density at radius 3 is 2.46 bits per heavy atom. The lowest BCUT2D eigenvalue weighted by atomic mass is 10.1. The van der Waals surface area contributed by atoms with Gasteiger partial charge < -0.3 is 4.84 Å². The first kappa shape index (κ1) is 17.3. The monoisotopic (exact) mass is 327 g/mol. The number of hydrogen-bond donors (Lipinski definition) is 1. The number of oxime groups is 1. The lowest BCUT2D eigenvalue weighted by molar-refractivity contribution is 0.106. The van der Waals surface area contributed by atoms with Crippen LogP contribution in [0.25, 0.3) is 0 Å². The summed E-state index contributed by atoms with van der Waals surface area (Å²) in [4.78, 5) is 17.1. The van der Waals surface area contributed by atoms with Crippen molar-refractivity contribution < 1.29 is 14.0 Å². The molecule has 6 heteroatoms. The quantitative estimate of drug-likeness (QED) is 0.499. The van der Waals surface area contributed by atoms with Crippen LogP contribution >= 0.6 is 0 Å². The molecule has 0 atom stereocenters. The third kappa shape index (κ3) is 4.49. The van der Waals surface area contributed by atoms with E-state index >= 15 is 0 Å². The maximum atomic E-state index is 13.0. The first-order chi connectivity index (χ1) is 11.5. The summed E-state index contributed by atoms with van der Waals surface area (Å²) in [5.41, 5.74) is 6.19. The summed E-state index contributed by atoms with van der Waals surface area (Å²) in [6.07, 6.45) is 1.21. The number of benzene rings is 2. The Hall–Kier alpha value is -3.02. The Bertz CT molecular complexity index is 783. The van der Waals surface area contributed by atoms with E-state index in [2.05, 4.69) is 20.5 Å². The number of nitrogens with one attached hydrogen (secondary N) is 1. The summed E-state index contributed by atoms with van der Waals surface area (Å²) < 4.78 is 13.0. The van der Waals surface area contributed by atoms with Crippen LogP contribution < -0.4 is 5.43 Å². The van der Waals surface area contributed by atoms with E-state index in [1.165, 1.54) is 37.6 Å². The fourth-order valence-electron chi connectivity index (χ4n) is 1.93. The van der Waals surface area contributed by atoms with E-state index in [9.17, 15) is 9.18 Å². The average molecular weight is 327 g/mol. The number of Topliss-reactive ketones (excluding diaryl/α,β-unsaturated/α-hetero) is 1. The minimum Gasteiger partial charge on any atom is -0.399 e.